The van der Waals surface area contributed by atoms with Gasteiger partial charge in [-0.2, -0.15) is 4.98 Å². The highest BCUT2D eigenvalue weighted by Crippen LogP contribution is 2.36. The first-order valence-corrected chi connectivity index (χ1v) is 11.6. The summed E-state index contributed by atoms with van der Waals surface area (Å²) in [7, 11) is 3.10. The number of nitrogens with zero attached hydrogens (tertiary/aromatic N) is 5. The zero-order chi connectivity index (χ0) is 24.6. The van der Waals surface area contributed by atoms with Crippen LogP contribution in [0.5, 0.6) is 11.5 Å². The average Bonchev–Trinajstić information content (AvgIpc) is 3.47. The quantitative estimate of drug-likeness (QED) is 0.381. The van der Waals surface area contributed by atoms with Gasteiger partial charge in [0.2, 0.25) is 5.78 Å². The molecule has 0 saturated heterocycles. The van der Waals surface area contributed by atoms with Crippen LogP contribution in [0.15, 0.2) is 76.4 Å². The molecule has 0 unspecified atom stereocenters. The van der Waals surface area contributed by atoms with Crippen LogP contribution in [0.1, 0.15) is 0 Å². The van der Waals surface area contributed by atoms with E-state index >= 15 is 0 Å². The Labute approximate surface area is 204 Å². The van der Waals surface area contributed by atoms with Gasteiger partial charge >= 0.3 is 5.69 Å². The average molecular weight is 479 g/mol. The summed E-state index contributed by atoms with van der Waals surface area (Å²) in [6, 6.07) is 20.2. The molecule has 0 bridgehead atoms. The Hall–Kier alpha value is -4.79. The van der Waals surface area contributed by atoms with Crippen LogP contribution in [0.4, 0.5) is 0 Å². The second kappa shape index (κ2) is 7.35. The molecule has 0 aliphatic carbocycles. The van der Waals surface area contributed by atoms with Crippen LogP contribution in [0.2, 0.25) is 0 Å². The number of hydrogen-bond acceptors (Lipinski definition) is 5. The van der Waals surface area contributed by atoms with Crippen molar-refractivity contribution in [3.63, 3.8) is 0 Å². The highest BCUT2D eigenvalue weighted by Gasteiger charge is 2.23. The van der Waals surface area contributed by atoms with Crippen LogP contribution in [0.3, 0.4) is 0 Å². The third kappa shape index (κ3) is 2.79. The standard InChI is InChI=1S/C27H21N5O4/c1-29-24-23(25(33)30(2)27(29)34)31-15-20(18-8-7-16-5-3-4-6-17(16)13-18)32(26(31)28-24)19-9-10-21-22(14-19)36-12-11-35-21/h3-10,13-15H,11-12H2,1-2H3. The summed E-state index contributed by atoms with van der Waals surface area (Å²) in [6.45, 7) is 0.978. The van der Waals surface area contributed by atoms with Crippen molar-refractivity contribution in [1.82, 2.24) is 23.1 Å². The van der Waals surface area contributed by atoms with Gasteiger partial charge in [-0.25, -0.2) is 4.79 Å². The van der Waals surface area contributed by atoms with Crippen molar-refractivity contribution in [3.8, 4) is 28.4 Å². The molecule has 0 amide bonds. The molecular weight excluding hydrogens is 458 g/mol. The number of fused-ring (bicyclic) bond motifs is 5. The van der Waals surface area contributed by atoms with Crippen molar-refractivity contribution < 1.29 is 9.47 Å². The van der Waals surface area contributed by atoms with Crippen molar-refractivity contribution in [2.24, 2.45) is 14.1 Å². The van der Waals surface area contributed by atoms with Gasteiger partial charge in [-0.05, 0) is 29.0 Å². The van der Waals surface area contributed by atoms with Gasteiger partial charge in [0.05, 0.1) is 11.4 Å². The summed E-state index contributed by atoms with van der Waals surface area (Å²) in [5.74, 6) is 1.85. The molecule has 0 atom stereocenters. The molecule has 0 radical (unpaired) electrons. The van der Waals surface area contributed by atoms with Crippen LogP contribution < -0.4 is 20.7 Å². The molecule has 1 aliphatic heterocycles. The van der Waals surface area contributed by atoms with Crippen LogP contribution >= 0.6 is 0 Å². The van der Waals surface area contributed by atoms with E-state index in [1.165, 1.54) is 11.6 Å². The third-order valence-corrected chi connectivity index (χ3v) is 6.79. The van der Waals surface area contributed by atoms with E-state index < -0.39 is 11.2 Å². The van der Waals surface area contributed by atoms with Gasteiger partial charge in [0.1, 0.15) is 13.2 Å². The second-order valence-corrected chi connectivity index (χ2v) is 8.90. The summed E-state index contributed by atoms with van der Waals surface area (Å²) in [5.41, 5.74) is 2.46. The molecule has 36 heavy (non-hydrogen) atoms. The number of ether oxygens (including phenoxy) is 2. The number of aryl methyl sites for hydroxylation is 1. The van der Waals surface area contributed by atoms with Gasteiger partial charge in [0.15, 0.2) is 22.7 Å². The lowest BCUT2D eigenvalue weighted by Crippen LogP contribution is -2.37. The van der Waals surface area contributed by atoms with Crippen molar-refractivity contribution in [1.29, 1.82) is 0 Å². The minimum absolute atomic E-state index is 0.328. The highest BCUT2D eigenvalue weighted by atomic mass is 16.6. The van der Waals surface area contributed by atoms with Crippen LogP contribution in [0.25, 0.3) is 44.7 Å². The summed E-state index contributed by atoms with van der Waals surface area (Å²) >= 11 is 0. The molecule has 9 heteroatoms. The Morgan fingerprint density at radius 2 is 1.61 bits per heavy atom. The van der Waals surface area contributed by atoms with Crippen molar-refractivity contribution in [3.05, 3.63) is 87.7 Å². The first-order chi connectivity index (χ1) is 17.5. The van der Waals surface area contributed by atoms with Crippen molar-refractivity contribution in [2.45, 2.75) is 0 Å². The Morgan fingerprint density at radius 3 is 2.44 bits per heavy atom. The van der Waals surface area contributed by atoms with E-state index in [9.17, 15) is 9.59 Å². The molecule has 1 aliphatic rings. The lowest BCUT2D eigenvalue weighted by Gasteiger charge is -2.19. The normalized spacial score (nSPS) is 13.2. The fraction of sp³-hybridized carbons (Fsp3) is 0.148. The fourth-order valence-electron chi connectivity index (χ4n) is 4.95. The van der Waals surface area contributed by atoms with E-state index in [2.05, 4.69) is 30.3 Å². The maximum atomic E-state index is 13.2. The first kappa shape index (κ1) is 20.6. The summed E-state index contributed by atoms with van der Waals surface area (Å²) in [5, 5.41) is 2.24. The Bertz CT molecular complexity index is 1970. The summed E-state index contributed by atoms with van der Waals surface area (Å²) in [4.78, 5) is 30.5. The van der Waals surface area contributed by atoms with Gasteiger partial charge in [-0.1, -0.05) is 36.4 Å². The van der Waals surface area contributed by atoms with E-state index in [0.717, 1.165) is 32.3 Å². The molecule has 178 valence electrons. The maximum absolute atomic E-state index is 13.2. The molecular formula is C27H21N5O4. The number of benzene rings is 3. The van der Waals surface area contributed by atoms with Gasteiger partial charge in [-0.15, -0.1) is 0 Å². The van der Waals surface area contributed by atoms with Crippen molar-refractivity contribution >= 4 is 27.7 Å². The number of imidazole rings is 2. The van der Waals surface area contributed by atoms with E-state index in [1.54, 1.807) is 11.4 Å². The van der Waals surface area contributed by atoms with Crippen LogP contribution in [-0.4, -0.2) is 36.3 Å². The largest absolute Gasteiger partial charge is 0.486 e. The topological polar surface area (TPSA) is 84.7 Å². The monoisotopic (exact) mass is 479 g/mol. The SMILES string of the molecule is Cn1c(=O)c2c(nc3n(-c4ccc5c(c4)OCCO5)c(-c4ccc5ccccc5c4)cn23)n(C)c1=O. The zero-order valence-electron chi connectivity index (χ0n) is 19.6. The molecule has 9 nitrogen and oxygen atoms in total. The Morgan fingerprint density at radius 1 is 0.833 bits per heavy atom. The molecule has 6 aromatic rings. The smallest absolute Gasteiger partial charge is 0.332 e. The lowest BCUT2D eigenvalue weighted by molar-refractivity contribution is 0.171. The number of rotatable bonds is 2. The molecule has 7 rings (SSSR count). The predicted molar refractivity (Wildman–Crippen MR) is 136 cm³/mol. The summed E-state index contributed by atoms with van der Waals surface area (Å²) < 4.78 is 17.8. The predicted octanol–water partition coefficient (Wildman–Crippen LogP) is 3.27. The van der Waals surface area contributed by atoms with Gasteiger partial charge in [-0.3, -0.25) is 22.9 Å². The van der Waals surface area contributed by atoms with Gasteiger partial charge in [0, 0.05) is 31.9 Å². The molecule has 3 aromatic carbocycles. The van der Waals surface area contributed by atoms with Crippen LogP contribution in [-0.2, 0) is 14.1 Å². The van der Waals surface area contributed by atoms with Gasteiger partial charge < -0.3 is 9.47 Å². The third-order valence-electron chi connectivity index (χ3n) is 6.79. The molecule has 0 N–H and O–H groups in total. The minimum atomic E-state index is -0.422. The van der Waals surface area contributed by atoms with E-state index in [-0.39, 0.29) is 0 Å². The Kier molecular flexibility index (Phi) is 4.20. The maximum Gasteiger partial charge on any atom is 0.332 e. The molecule has 0 fully saturated rings. The second-order valence-electron chi connectivity index (χ2n) is 8.90. The zero-order valence-corrected chi connectivity index (χ0v) is 19.6. The molecule has 0 spiro atoms. The lowest BCUT2D eigenvalue weighted by atomic mass is 10.1. The first-order valence-electron chi connectivity index (χ1n) is 11.6. The van der Waals surface area contributed by atoms with E-state index in [1.807, 2.05) is 41.1 Å². The van der Waals surface area contributed by atoms with Crippen molar-refractivity contribution in [2.75, 3.05) is 13.2 Å². The highest BCUT2D eigenvalue weighted by molar-refractivity contribution is 5.88. The number of aromatic nitrogens is 5. The Balaban J connectivity index is 1.59. The summed E-state index contributed by atoms with van der Waals surface area (Å²) in [6.07, 6.45) is 1.90. The number of hydrogen-bond donors (Lipinski definition) is 0. The van der Waals surface area contributed by atoms with Gasteiger partial charge in [0.25, 0.3) is 5.56 Å². The van der Waals surface area contributed by atoms with E-state index in [4.69, 9.17) is 14.5 Å². The minimum Gasteiger partial charge on any atom is -0.486 e. The van der Waals surface area contributed by atoms with Crippen LogP contribution in [0, 0.1) is 0 Å². The fourth-order valence-corrected chi connectivity index (χ4v) is 4.95. The molecule has 4 heterocycles. The van der Waals surface area contributed by atoms with E-state index in [0.29, 0.717) is 41.7 Å². The molecule has 3 aromatic heterocycles. The molecule has 0 saturated carbocycles.